The molecule has 0 aliphatic carbocycles. The summed E-state index contributed by atoms with van der Waals surface area (Å²) in [6.07, 6.45) is 1.47. The van der Waals surface area contributed by atoms with Crippen molar-refractivity contribution in [1.82, 2.24) is 14.5 Å². The van der Waals surface area contributed by atoms with Gasteiger partial charge in [-0.25, -0.2) is 9.97 Å². The highest BCUT2D eigenvalue weighted by atomic mass is 16.1. The van der Waals surface area contributed by atoms with E-state index in [-0.39, 0.29) is 0 Å². The van der Waals surface area contributed by atoms with Gasteiger partial charge in [-0.15, -0.1) is 0 Å². The first kappa shape index (κ1) is 14.2. The van der Waals surface area contributed by atoms with Crippen LogP contribution in [-0.2, 0) is 7.05 Å². The second-order valence-electron chi connectivity index (χ2n) is 5.69. The van der Waals surface area contributed by atoms with Gasteiger partial charge in [-0.2, -0.15) is 0 Å². The number of amides is 1. The van der Waals surface area contributed by atoms with Crippen LogP contribution in [0.1, 0.15) is 10.4 Å². The summed E-state index contributed by atoms with van der Waals surface area (Å²) in [5, 5.41) is 1.01. The van der Waals surface area contributed by atoms with Crippen molar-refractivity contribution in [2.45, 2.75) is 0 Å². The zero-order valence-corrected chi connectivity index (χ0v) is 13.0. The number of nitrogens with two attached hydrogens (primary N) is 2. The van der Waals surface area contributed by atoms with E-state index in [9.17, 15) is 4.79 Å². The summed E-state index contributed by atoms with van der Waals surface area (Å²) < 4.78 is 1.99. The summed E-state index contributed by atoms with van der Waals surface area (Å²) in [4.78, 5) is 19.8. The van der Waals surface area contributed by atoms with Gasteiger partial charge in [-0.1, -0.05) is 24.3 Å². The number of anilines is 1. The number of aromatic nitrogens is 3. The van der Waals surface area contributed by atoms with E-state index in [0.29, 0.717) is 11.4 Å². The fourth-order valence-corrected chi connectivity index (χ4v) is 3.08. The second kappa shape index (κ2) is 5.06. The Balaban J connectivity index is 1.98. The molecule has 6 heteroatoms. The molecule has 0 unspecified atom stereocenters. The van der Waals surface area contributed by atoms with E-state index in [2.05, 4.69) is 16.0 Å². The maximum Gasteiger partial charge on any atom is 0.248 e. The summed E-state index contributed by atoms with van der Waals surface area (Å²) in [7, 11) is 1.94. The molecule has 2 aromatic heterocycles. The summed E-state index contributed by atoms with van der Waals surface area (Å²) in [5.41, 5.74) is 16.4. The number of aryl methyl sites for hydroxylation is 1. The number of fused-ring (bicyclic) bond motifs is 3. The minimum atomic E-state index is -0.439. The number of benzene rings is 2. The van der Waals surface area contributed by atoms with Gasteiger partial charge in [0.25, 0.3) is 0 Å². The first-order chi connectivity index (χ1) is 11.6. The molecule has 4 rings (SSSR count). The number of nitrogen functional groups attached to an aromatic ring is 1. The van der Waals surface area contributed by atoms with Crippen LogP contribution in [0.3, 0.4) is 0 Å². The number of carbonyl (C=O) groups is 1. The molecule has 0 atom stereocenters. The molecular weight excluding hydrogens is 302 g/mol. The summed E-state index contributed by atoms with van der Waals surface area (Å²) >= 11 is 0. The molecule has 2 aromatic carbocycles. The Morgan fingerprint density at radius 2 is 1.88 bits per heavy atom. The lowest BCUT2D eigenvalue weighted by molar-refractivity contribution is 0.100. The summed E-state index contributed by atoms with van der Waals surface area (Å²) in [5.74, 6) is 0.0153. The molecule has 6 nitrogen and oxygen atoms in total. The Kier molecular flexibility index (Phi) is 2.99. The Morgan fingerprint density at radius 1 is 1.08 bits per heavy atom. The van der Waals surface area contributed by atoms with Crippen molar-refractivity contribution in [2.24, 2.45) is 12.8 Å². The number of nitrogens with zero attached hydrogens (tertiary/aromatic N) is 3. The Morgan fingerprint density at radius 3 is 2.67 bits per heavy atom. The normalized spacial score (nSPS) is 11.2. The topological polar surface area (TPSA) is 99.8 Å². The third kappa shape index (κ3) is 2.00. The van der Waals surface area contributed by atoms with Gasteiger partial charge in [-0.3, -0.25) is 4.79 Å². The van der Waals surface area contributed by atoms with Gasteiger partial charge in [0.1, 0.15) is 17.4 Å². The van der Waals surface area contributed by atoms with Gasteiger partial charge < -0.3 is 16.0 Å². The lowest BCUT2D eigenvalue weighted by atomic mass is 10.0. The summed E-state index contributed by atoms with van der Waals surface area (Å²) in [6.45, 7) is 0. The fourth-order valence-electron chi connectivity index (χ4n) is 3.08. The predicted molar refractivity (Wildman–Crippen MR) is 94.4 cm³/mol. The average Bonchev–Trinajstić information content (AvgIpc) is 2.88. The van der Waals surface area contributed by atoms with Gasteiger partial charge in [0.2, 0.25) is 5.91 Å². The monoisotopic (exact) mass is 317 g/mol. The van der Waals surface area contributed by atoms with Crippen molar-refractivity contribution in [3.8, 4) is 11.1 Å². The van der Waals surface area contributed by atoms with E-state index < -0.39 is 5.91 Å². The molecule has 0 spiro atoms. The molecule has 0 bridgehead atoms. The molecule has 0 saturated carbocycles. The van der Waals surface area contributed by atoms with Crippen LogP contribution in [0.25, 0.3) is 33.1 Å². The third-order valence-electron chi connectivity index (χ3n) is 4.28. The minimum Gasteiger partial charge on any atom is -0.382 e. The van der Waals surface area contributed by atoms with Crippen LogP contribution in [-0.4, -0.2) is 20.4 Å². The molecule has 0 fully saturated rings. The largest absolute Gasteiger partial charge is 0.382 e. The maximum absolute atomic E-state index is 11.4. The maximum atomic E-state index is 11.4. The van der Waals surface area contributed by atoms with Crippen LogP contribution in [0, 0.1) is 0 Å². The summed E-state index contributed by atoms with van der Waals surface area (Å²) in [6, 6.07) is 13.3. The standard InChI is InChI=1S/C18H15N5O/c1-23-14-8-11(10-3-2-4-12(7-10)18(20)24)5-6-13(14)15-16(23)17(19)22-9-21-15/h2-9H,1H3,(H2,20,24)(H2,19,21,22). The molecule has 2 heterocycles. The van der Waals surface area contributed by atoms with Crippen molar-refractivity contribution in [1.29, 1.82) is 0 Å². The van der Waals surface area contributed by atoms with Crippen molar-refractivity contribution >= 4 is 33.7 Å². The third-order valence-corrected chi connectivity index (χ3v) is 4.28. The minimum absolute atomic E-state index is 0.439. The predicted octanol–water partition coefficient (Wildman–Crippen LogP) is 2.47. The molecule has 0 aliphatic heterocycles. The quantitative estimate of drug-likeness (QED) is 0.593. The number of hydrogen-bond donors (Lipinski definition) is 2. The second-order valence-corrected chi connectivity index (χ2v) is 5.69. The fraction of sp³-hybridized carbons (Fsp3) is 0.0556. The van der Waals surface area contributed by atoms with Gasteiger partial charge >= 0.3 is 0 Å². The van der Waals surface area contributed by atoms with Gasteiger partial charge in [-0.05, 0) is 29.3 Å². The van der Waals surface area contributed by atoms with E-state index in [4.69, 9.17) is 11.5 Å². The highest BCUT2D eigenvalue weighted by molar-refractivity contribution is 6.09. The Bertz CT molecular complexity index is 1110. The van der Waals surface area contributed by atoms with Crippen LogP contribution in [0.15, 0.2) is 48.8 Å². The lowest BCUT2D eigenvalue weighted by Crippen LogP contribution is -2.10. The SMILES string of the molecule is Cn1c2cc(-c3cccc(C(N)=O)c3)ccc2c2ncnc(N)c21. The van der Waals surface area contributed by atoms with Crippen LogP contribution >= 0.6 is 0 Å². The van der Waals surface area contributed by atoms with Crippen LogP contribution in [0.4, 0.5) is 5.82 Å². The molecule has 4 aromatic rings. The lowest BCUT2D eigenvalue weighted by Gasteiger charge is -2.05. The van der Waals surface area contributed by atoms with Crippen LogP contribution < -0.4 is 11.5 Å². The highest BCUT2D eigenvalue weighted by Gasteiger charge is 2.13. The Hall–Kier alpha value is -3.41. The van der Waals surface area contributed by atoms with Crippen molar-refractivity contribution in [3.63, 3.8) is 0 Å². The molecule has 0 aliphatic rings. The van der Waals surface area contributed by atoms with E-state index in [1.165, 1.54) is 6.33 Å². The smallest absolute Gasteiger partial charge is 0.248 e. The number of carbonyl (C=O) groups excluding carboxylic acids is 1. The molecule has 118 valence electrons. The van der Waals surface area contributed by atoms with Crippen molar-refractivity contribution in [3.05, 3.63) is 54.4 Å². The van der Waals surface area contributed by atoms with Crippen LogP contribution in [0.2, 0.25) is 0 Å². The van der Waals surface area contributed by atoms with E-state index in [1.807, 2.05) is 35.9 Å². The van der Waals surface area contributed by atoms with Crippen molar-refractivity contribution in [2.75, 3.05) is 5.73 Å². The molecular formula is C18H15N5O. The van der Waals surface area contributed by atoms with Gasteiger partial charge in [0, 0.05) is 18.0 Å². The zero-order valence-electron chi connectivity index (χ0n) is 13.0. The zero-order chi connectivity index (χ0) is 16.8. The number of rotatable bonds is 2. The molecule has 0 radical (unpaired) electrons. The highest BCUT2D eigenvalue weighted by Crippen LogP contribution is 2.32. The molecule has 4 N–H and O–H groups in total. The van der Waals surface area contributed by atoms with E-state index in [1.54, 1.807) is 12.1 Å². The number of hydrogen-bond acceptors (Lipinski definition) is 4. The Labute approximate surface area is 137 Å². The van der Waals surface area contributed by atoms with Crippen molar-refractivity contribution < 1.29 is 4.79 Å². The first-order valence-electron chi connectivity index (χ1n) is 7.45. The van der Waals surface area contributed by atoms with E-state index >= 15 is 0 Å². The average molecular weight is 317 g/mol. The van der Waals surface area contributed by atoms with Crippen LogP contribution in [0.5, 0.6) is 0 Å². The van der Waals surface area contributed by atoms with Gasteiger partial charge in [0.15, 0.2) is 5.82 Å². The van der Waals surface area contributed by atoms with Gasteiger partial charge in [0.05, 0.1) is 5.52 Å². The first-order valence-corrected chi connectivity index (χ1v) is 7.45. The number of primary amides is 1. The molecule has 0 saturated heterocycles. The molecule has 24 heavy (non-hydrogen) atoms. The molecule has 1 amide bonds. The van der Waals surface area contributed by atoms with E-state index in [0.717, 1.165) is 33.1 Å².